The van der Waals surface area contributed by atoms with Crippen LogP contribution < -0.4 is 4.90 Å². The molecule has 0 aromatic carbocycles. The Morgan fingerprint density at radius 2 is 1.87 bits per heavy atom. The maximum atomic E-state index is 9.47. The highest BCUT2D eigenvalue weighted by atomic mass is 15.4. The standard InChI is InChI=1S/C24H29N7/c1-24(2)18(10-25)9-23(24)31-19-4-5-20(31)15-29(14-19)21-6-7-26-30-13-16(8-22(21)30)17-11-27-28(3)12-17/h6-8,11-13,18-20,23H,4-5,9,14-15H2,1-3H3/t18-,19?,20?,23+/m0/s1. The highest BCUT2D eigenvalue weighted by Crippen LogP contribution is 2.52. The fraction of sp³-hybridized carbons (Fsp3) is 0.542. The zero-order valence-corrected chi connectivity index (χ0v) is 18.4. The van der Waals surface area contributed by atoms with E-state index in [4.69, 9.17) is 0 Å². The fourth-order valence-corrected chi connectivity index (χ4v) is 6.26. The number of hydrogen-bond acceptors (Lipinski definition) is 5. The Bertz CT molecular complexity index is 1170. The van der Waals surface area contributed by atoms with Crippen LogP contribution in [0.2, 0.25) is 0 Å². The van der Waals surface area contributed by atoms with Crippen molar-refractivity contribution in [3.8, 4) is 17.2 Å². The van der Waals surface area contributed by atoms with Gasteiger partial charge in [-0.05, 0) is 36.8 Å². The Balaban J connectivity index is 1.29. The molecule has 0 spiro atoms. The van der Waals surface area contributed by atoms with Crippen LogP contribution in [0.1, 0.15) is 33.1 Å². The summed E-state index contributed by atoms with van der Waals surface area (Å²) in [5.41, 5.74) is 4.78. The summed E-state index contributed by atoms with van der Waals surface area (Å²) in [4.78, 5) is 5.35. The Hall–Kier alpha value is -2.85. The molecular weight excluding hydrogens is 386 g/mol. The van der Waals surface area contributed by atoms with Crippen LogP contribution >= 0.6 is 0 Å². The molecule has 3 aliphatic rings. The van der Waals surface area contributed by atoms with Gasteiger partial charge in [-0.1, -0.05) is 13.8 Å². The largest absolute Gasteiger partial charge is 0.367 e. The van der Waals surface area contributed by atoms with Gasteiger partial charge in [0.1, 0.15) is 0 Å². The molecule has 0 radical (unpaired) electrons. The third-order valence-corrected chi connectivity index (χ3v) is 8.14. The predicted molar refractivity (Wildman–Crippen MR) is 120 cm³/mol. The molecule has 2 bridgehead atoms. The van der Waals surface area contributed by atoms with Gasteiger partial charge in [0, 0.05) is 68.0 Å². The molecular formula is C24H29N7. The monoisotopic (exact) mass is 415 g/mol. The number of aromatic nitrogens is 4. The van der Waals surface area contributed by atoms with Gasteiger partial charge in [-0.2, -0.15) is 15.5 Å². The van der Waals surface area contributed by atoms with E-state index in [1.807, 2.05) is 34.8 Å². The molecule has 2 unspecified atom stereocenters. The summed E-state index contributed by atoms with van der Waals surface area (Å²) in [6, 6.07) is 8.62. The van der Waals surface area contributed by atoms with Crippen LogP contribution in [0, 0.1) is 22.7 Å². The zero-order chi connectivity index (χ0) is 21.3. The Morgan fingerprint density at radius 3 is 2.52 bits per heavy atom. The van der Waals surface area contributed by atoms with E-state index in [2.05, 4.69) is 58.2 Å². The average Bonchev–Trinajstić information content (AvgIpc) is 3.43. The lowest BCUT2D eigenvalue weighted by molar-refractivity contribution is -0.0657. The molecule has 0 amide bonds. The first kappa shape index (κ1) is 18.9. The lowest BCUT2D eigenvalue weighted by Gasteiger charge is -2.58. The smallest absolute Gasteiger partial charge is 0.0886 e. The molecule has 2 aliphatic heterocycles. The van der Waals surface area contributed by atoms with Gasteiger partial charge in [-0.25, -0.2) is 4.52 Å². The van der Waals surface area contributed by atoms with Crippen LogP contribution in [0.15, 0.2) is 36.9 Å². The van der Waals surface area contributed by atoms with Crippen LogP contribution in [0.5, 0.6) is 0 Å². The van der Waals surface area contributed by atoms with Crippen LogP contribution in [0.3, 0.4) is 0 Å². The van der Waals surface area contributed by atoms with Crippen LogP contribution in [0.25, 0.3) is 16.6 Å². The molecule has 7 heteroatoms. The lowest BCUT2D eigenvalue weighted by atomic mass is 9.58. The molecule has 0 N–H and O–H groups in total. The Labute approximate surface area is 182 Å². The zero-order valence-electron chi connectivity index (χ0n) is 18.4. The van der Waals surface area contributed by atoms with E-state index < -0.39 is 0 Å². The number of aryl methyl sites for hydroxylation is 1. The number of nitriles is 1. The minimum Gasteiger partial charge on any atom is -0.367 e. The average molecular weight is 416 g/mol. The third kappa shape index (κ3) is 2.74. The summed E-state index contributed by atoms with van der Waals surface area (Å²) < 4.78 is 3.83. The summed E-state index contributed by atoms with van der Waals surface area (Å²) in [5, 5.41) is 18.4. The van der Waals surface area contributed by atoms with Gasteiger partial charge in [0.15, 0.2) is 0 Å². The van der Waals surface area contributed by atoms with Gasteiger partial charge in [0.05, 0.1) is 29.4 Å². The van der Waals surface area contributed by atoms with Crippen molar-refractivity contribution in [2.45, 2.75) is 51.2 Å². The van der Waals surface area contributed by atoms with E-state index in [0.29, 0.717) is 18.1 Å². The molecule has 1 aliphatic carbocycles. The van der Waals surface area contributed by atoms with Crippen molar-refractivity contribution in [2.75, 3.05) is 18.0 Å². The normalized spacial score (nSPS) is 29.8. The van der Waals surface area contributed by atoms with Gasteiger partial charge >= 0.3 is 0 Å². The first-order valence-electron chi connectivity index (χ1n) is 11.3. The molecule has 160 valence electrons. The summed E-state index contributed by atoms with van der Waals surface area (Å²) in [5.74, 6) is 0.196. The predicted octanol–water partition coefficient (Wildman–Crippen LogP) is 3.33. The van der Waals surface area contributed by atoms with Crippen molar-refractivity contribution in [2.24, 2.45) is 18.4 Å². The van der Waals surface area contributed by atoms with Crippen LogP contribution in [-0.4, -0.2) is 55.5 Å². The number of hydrogen-bond donors (Lipinski definition) is 0. The molecule has 7 nitrogen and oxygen atoms in total. The van der Waals surface area contributed by atoms with Crippen molar-refractivity contribution in [1.29, 1.82) is 5.26 Å². The van der Waals surface area contributed by atoms with Crippen molar-refractivity contribution < 1.29 is 0 Å². The minimum absolute atomic E-state index is 0.0991. The van der Waals surface area contributed by atoms with Crippen molar-refractivity contribution in [3.63, 3.8) is 0 Å². The van der Waals surface area contributed by atoms with E-state index >= 15 is 0 Å². The van der Waals surface area contributed by atoms with E-state index in [-0.39, 0.29) is 11.3 Å². The summed E-state index contributed by atoms with van der Waals surface area (Å²) in [6.07, 6.45) is 11.5. The molecule has 6 rings (SSSR count). The van der Waals surface area contributed by atoms with Gasteiger partial charge < -0.3 is 4.90 Å². The lowest BCUT2D eigenvalue weighted by Crippen LogP contribution is -2.66. The van der Waals surface area contributed by atoms with Crippen molar-refractivity contribution in [1.82, 2.24) is 24.3 Å². The Kier molecular flexibility index (Phi) is 4.00. The van der Waals surface area contributed by atoms with E-state index in [1.54, 1.807) is 0 Å². The highest BCUT2D eigenvalue weighted by molar-refractivity contribution is 5.79. The van der Waals surface area contributed by atoms with Gasteiger partial charge in [0.25, 0.3) is 0 Å². The molecule has 5 heterocycles. The summed E-state index contributed by atoms with van der Waals surface area (Å²) >= 11 is 0. The number of rotatable bonds is 3. The number of anilines is 1. The van der Waals surface area contributed by atoms with Crippen LogP contribution in [-0.2, 0) is 7.05 Å². The van der Waals surface area contributed by atoms with Gasteiger partial charge in [-0.3, -0.25) is 9.58 Å². The van der Waals surface area contributed by atoms with Gasteiger partial charge in [0.2, 0.25) is 0 Å². The molecule has 4 atom stereocenters. The molecule has 3 aromatic rings. The number of fused-ring (bicyclic) bond motifs is 3. The first-order chi connectivity index (χ1) is 15.0. The highest BCUT2D eigenvalue weighted by Gasteiger charge is 2.56. The summed E-state index contributed by atoms with van der Waals surface area (Å²) in [7, 11) is 1.94. The maximum Gasteiger partial charge on any atom is 0.0886 e. The second-order valence-electron chi connectivity index (χ2n) is 10.2. The second kappa shape index (κ2) is 6.57. The maximum absolute atomic E-state index is 9.47. The quantitative estimate of drug-likeness (QED) is 0.657. The van der Waals surface area contributed by atoms with Crippen molar-refractivity contribution >= 4 is 11.2 Å². The van der Waals surface area contributed by atoms with Crippen LogP contribution in [0.4, 0.5) is 5.69 Å². The topological polar surface area (TPSA) is 65.4 Å². The molecule has 3 aromatic heterocycles. The van der Waals surface area contributed by atoms with E-state index in [9.17, 15) is 5.26 Å². The van der Waals surface area contributed by atoms with E-state index in [0.717, 1.165) is 36.2 Å². The van der Waals surface area contributed by atoms with E-state index in [1.165, 1.54) is 18.5 Å². The molecule has 1 saturated carbocycles. The second-order valence-corrected chi connectivity index (χ2v) is 10.2. The van der Waals surface area contributed by atoms with Crippen molar-refractivity contribution in [3.05, 3.63) is 36.9 Å². The SMILES string of the molecule is Cn1cc(-c2cc3c(N4CC5CCC(C4)N5[C@@H]4C[C@@H](C#N)C4(C)C)ccnn3c2)cn1. The minimum atomic E-state index is 0.0991. The first-order valence-corrected chi connectivity index (χ1v) is 11.3. The third-order valence-electron chi connectivity index (χ3n) is 8.14. The Morgan fingerprint density at radius 1 is 1.10 bits per heavy atom. The number of piperazine rings is 1. The summed E-state index contributed by atoms with van der Waals surface area (Å²) in [6.45, 7) is 6.67. The molecule has 3 fully saturated rings. The van der Waals surface area contributed by atoms with Gasteiger partial charge in [-0.15, -0.1) is 0 Å². The fourth-order valence-electron chi connectivity index (χ4n) is 6.26. The number of nitrogens with zero attached hydrogens (tertiary/aromatic N) is 7. The molecule has 31 heavy (non-hydrogen) atoms. The molecule has 2 saturated heterocycles.